The van der Waals surface area contributed by atoms with E-state index in [1.54, 1.807) is 0 Å². The molecule has 0 aromatic rings. The summed E-state index contributed by atoms with van der Waals surface area (Å²) in [7, 11) is 0. The van der Waals surface area contributed by atoms with Gasteiger partial charge in [0.2, 0.25) is 0 Å². The molecule has 0 aromatic carbocycles. The van der Waals surface area contributed by atoms with E-state index in [0.717, 1.165) is 19.3 Å². The van der Waals surface area contributed by atoms with Gasteiger partial charge in [-0.1, -0.05) is 20.8 Å². The Hall–Kier alpha value is -1.85. The third-order valence-corrected chi connectivity index (χ3v) is 3.86. The number of carbonyl (C=O) groups excluding carboxylic acids is 2. The first-order valence-electron chi connectivity index (χ1n) is 6.77. The molecule has 3 N–H and O–H groups in total. The molecule has 0 aromatic heterocycles. The lowest BCUT2D eigenvalue weighted by Crippen LogP contribution is -2.52. The lowest BCUT2D eigenvalue weighted by Gasteiger charge is -2.31. The van der Waals surface area contributed by atoms with Crippen molar-refractivity contribution in [1.82, 2.24) is 10.6 Å². The summed E-state index contributed by atoms with van der Waals surface area (Å²) in [6, 6.07) is -0.599. The predicted molar refractivity (Wildman–Crippen MR) is 76.3 cm³/mol. The van der Waals surface area contributed by atoms with Gasteiger partial charge >= 0.3 is 12.0 Å². The number of carboxylic acid groups (broad SMARTS) is 1. The minimum Gasteiger partial charge on any atom is -0.478 e. The van der Waals surface area contributed by atoms with Crippen LogP contribution in [0.3, 0.4) is 0 Å². The quantitative estimate of drug-likeness (QED) is 0.651. The van der Waals surface area contributed by atoms with Crippen LogP contribution in [0.4, 0.5) is 4.79 Å². The summed E-state index contributed by atoms with van der Waals surface area (Å²) in [5.74, 6) is -1.87. The van der Waals surface area contributed by atoms with Crippen molar-refractivity contribution in [3.05, 3.63) is 11.1 Å². The summed E-state index contributed by atoms with van der Waals surface area (Å²) in [6.45, 7) is 8.60. The molecular weight excluding hydrogens is 260 g/mol. The Morgan fingerprint density at radius 1 is 0.950 bits per heavy atom. The van der Waals surface area contributed by atoms with E-state index >= 15 is 0 Å². The predicted octanol–water partition coefficient (Wildman–Crippen LogP) is 2.20. The van der Waals surface area contributed by atoms with E-state index in [0.29, 0.717) is 0 Å². The van der Waals surface area contributed by atoms with Gasteiger partial charge < -0.3 is 10.4 Å². The molecule has 0 aliphatic rings. The number of aliphatic carboxylic acids is 1. The molecule has 6 heteroatoms. The molecule has 0 spiro atoms. The molecule has 0 aliphatic heterocycles. The van der Waals surface area contributed by atoms with Gasteiger partial charge in [-0.3, -0.25) is 10.1 Å². The van der Waals surface area contributed by atoms with E-state index in [1.807, 2.05) is 20.8 Å². The number of urea groups is 1. The molecule has 114 valence electrons. The van der Waals surface area contributed by atoms with Gasteiger partial charge in [0.25, 0.3) is 5.91 Å². The Morgan fingerprint density at radius 3 is 1.75 bits per heavy atom. The highest BCUT2D eigenvalue weighted by Gasteiger charge is 2.26. The highest BCUT2D eigenvalue weighted by atomic mass is 16.4. The van der Waals surface area contributed by atoms with Gasteiger partial charge in [0, 0.05) is 16.7 Å². The number of amides is 3. The molecule has 3 amide bonds. The highest BCUT2D eigenvalue weighted by molar-refractivity contribution is 6.07. The highest BCUT2D eigenvalue weighted by Crippen LogP contribution is 2.18. The molecule has 0 saturated heterocycles. The molecule has 0 saturated carbocycles. The van der Waals surface area contributed by atoms with E-state index in [-0.39, 0.29) is 16.7 Å². The Bertz CT molecular complexity index is 415. The maximum Gasteiger partial charge on any atom is 0.331 e. The van der Waals surface area contributed by atoms with Crippen molar-refractivity contribution >= 4 is 17.9 Å². The van der Waals surface area contributed by atoms with E-state index < -0.39 is 17.9 Å². The zero-order chi connectivity index (χ0) is 15.9. The summed E-state index contributed by atoms with van der Waals surface area (Å²) in [6.07, 6.45) is 2.26. The molecular formula is C14H24N2O4. The van der Waals surface area contributed by atoms with Crippen molar-refractivity contribution in [1.29, 1.82) is 0 Å². The maximum atomic E-state index is 11.8. The van der Waals surface area contributed by atoms with Gasteiger partial charge in [-0.25, -0.2) is 9.59 Å². The zero-order valence-electron chi connectivity index (χ0n) is 12.8. The van der Waals surface area contributed by atoms with Crippen molar-refractivity contribution in [2.45, 2.75) is 59.4 Å². The fourth-order valence-corrected chi connectivity index (χ4v) is 1.81. The van der Waals surface area contributed by atoms with Crippen molar-refractivity contribution in [2.75, 3.05) is 0 Å². The van der Waals surface area contributed by atoms with Crippen LogP contribution in [0.25, 0.3) is 0 Å². The van der Waals surface area contributed by atoms with Crippen LogP contribution in [0.2, 0.25) is 0 Å². The van der Waals surface area contributed by atoms with E-state index in [4.69, 9.17) is 5.11 Å². The van der Waals surface area contributed by atoms with Crippen LogP contribution in [0, 0.1) is 0 Å². The molecule has 0 atom stereocenters. The largest absolute Gasteiger partial charge is 0.478 e. The smallest absolute Gasteiger partial charge is 0.331 e. The van der Waals surface area contributed by atoms with E-state index in [1.165, 1.54) is 13.8 Å². The van der Waals surface area contributed by atoms with Crippen LogP contribution in [-0.4, -0.2) is 28.6 Å². The van der Waals surface area contributed by atoms with Crippen molar-refractivity contribution in [2.24, 2.45) is 0 Å². The number of hydrogen-bond donors (Lipinski definition) is 3. The number of hydrogen-bond acceptors (Lipinski definition) is 3. The average molecular weight is 284 g/mol. The Morgan fingerprint density at radius 2 is 1.40 bits per heavy atom. The second kappa shape index (κ2) is 7.67. The molecule has 6 nitrogen and oxygen atoms in total. The molecule has 0 bridgehead atoms. The average Bonchev–Trinajstić information content (AvgIpc) is 2.42. The number of nitrogens with one attached hydrogen (secondary N) is 2. The summed E-state index contributed by atoms with van der Waals surface area (Å²) in [5.41, 5.74) is -0.408. The molecule has 0 aliphatic carbocycles. The Kier molecular flexibility index (Phi) is 6.96. The lowest BCUT2D eigenvalue weighted by atomic mass is 9.90. The number of rotatable bonds is 6. The van der Waals surface area contributed by atoms with Crippen LogP contribution in [0.5, 0.6) is 0 Å². The van der Waals surface area contributed by atoms with Gasteiger partial charge in [-0.15, -0.1) is 0 Å². The lowest BCUT2D eigenvalue weighted by molar-refractivity contribution is -0.133. The third kappa shape index (κ3) is 4.68. The first-order valence-corrected chi connectivity index (χ1v) is 6.77. The SMILES string of the molecule is CCC(CC)(CC)NC(=O)NC(=O)C(C)=C(C)C(=O)O. The normalized spacial score (nSPS) is 12.4. The molecule has 0 radical (unpaired) electrons. The monoisotopic (exact) mass is 284 g/mol. The Labute approximate surface area is 119 Å². The van der Waals surface area contributed by atoms with Crippen LogP contribution >= 0.6 is 0 Å². The maximum absolute atomic E-state index is 11.8. The van der Waals surface area contributed by atoms with Crippen LogP contribution in [-0.2, 0) is 9.59 Å². The fourth-order valence-electron chi connectivity index (χ4n) is 1.81. The number of carboxylic acids is 1. The standard InChI is InChI=1S/C14H24N2O4/c1-6-14(7-2,8-3)16-13(20)15-11(17)9(4)10(5)12(18)19/h6-8H2,1-5H3,(H,18,19)(H2,15,16,17,20). The van der Waals surface area contributed by atoms with Gasteiger partial charge in [-0.05, 0) is 33.1 Å². The molecule has 0 rings (SSSR count). The summed E-state index contributed by atoms with van der Waals surface area (Å²) in [5, 5.41) is 13.8. The van der Waals surface area contributed by atoms with Gasteiger partial charge in [0.05, 0.1) is 0 Å². The third-order valence-electron chi connectivity index (χ3n) is 3.86. The molecule has 0 fully saturated rings. The first-order chi connectivity index (χ1) is 9.22. The van der Waals surface area contributed by atoms with Crippen molar-refractivity contribution in [3.8, 4) is 0 Å². The van der Waals surface area contributed by atoms with Gasteiger partial charge in [0.1, 0.15) is 0 Å². The number of carbonyl (C=O) groups is 3. The summed E-state index contributed by atoms with van der Waals surface area (Å²) >= 11 is 0. The van der Waals surface area contributed by atoms with E-state index in [9.17, 15) is 14.4 Å². The minimum absolute atomic E-state index is 0.0164. The summed E-state index contributed by atoms with van der Waals surface area (Å²) in [4.78, 5) is 34.3. The number of imide groups is 1. The minimum atomic E-state index is -1.18. The van der Waals surface area contributed by atoms with Gasteiger partial charge in [0.15, 0.2) is 0 Å². The topological polar surface area (TPSA) is 95.5 Å². The Balaban J connectivity index is 4.83. The zero-order valence-corrected chi connectivity index (χ0v) is 12.8. The van der Waals surface area contributed by atoms with Crippen LogP contribution in [0.1, 0.15) is 53.9 Å². The van der Waals surface area contributed by atoms with Crippen molar-refractivity contribution in [3.63, 3.8) is 0 Å². The second-order valence-corrected chi connectivity index (χ2v) is 4.80. The second-order valence-electron chi connectivity index (χ2n) is 4.80. The molecule has 20 heavy (non-hydrogen) atoms. The van der Waals surface area contributed by atoms with E-state index in [2.05, 4.69) is 10.6 Å². The van der Waals surface area contributed by atoms with Gasteiger partial charge in [-0.2, -0.15) is 0 Å². The molecule has 0 heterocycles. The fraction of sp³-hybridized carbons (Fsp3) is 0.643. The van der Waals surface area contributed by atoms with Crippen molar-refractivity contribution < 1.29 is 19.5 Å². The summed E-state index contributed by atoms with van der Waals surface area (Å²) < 4.78 is 0. The van der Waals surface area contributed by atoms with Crippen LogP contribution in [0.15, 0.2) is 11.1 Å². The first kappa shape index (κ1) is 18.1. The molecule has 0 unspecified atom stereocenters. The van der Waals surface area contributed by atoms with Crippen LogP contribution < -0.4 is 10.6 Å².